The first-order chi connectivity index (χ1) is 12.9. The lowest BCUT2D eigenvalue weighted by atomic mass is 10.2. The summed E-state index contributed by atoms with van der Waals surface area (Å²) in [6, 6.07) is 11.5. The zero-order valence-electron chi connectivity index (χ0n) is 14.2. The summed E-state index contributed by atoms with van der Waals surface area (Å²) in [7, 11) is 0. The number of anilines is 1. The van der Waals surface area contributed by atoms with E-state index in [4.69, 9.17) is 21.4 Å². The number of nitrogens with zero attached hydrogens (tertiary/aromatic N) is 1. The molecule has 0 unspecified atom stereocenters. The molecule has 140 valence electrons. The number of hydrogen-bond acceptors (Lipinski definition) is 5. The van der Waals surface area contributed by atoms with Gasteiger partial charge in [-0.25, -0.2) is 10.2 Å². The molecule has 8 nitrogen and oxygen atoms in total. The summed E-state index contributed by atoms with van der Waals surface area (Å²) in [5, 5.41) is 15.2. The molecule has 0 saturated carbocycles. The molecule has 0 atom stereocenters. The number of carbonyl (C=O) groups is 3. The number of hydrogen-bond donors (Lipinski definition) is 3. The van der Waals surface area contributed by atoms with E-state index >= 15 is 0 Å². The average molecular weight is 390 g/mol. The van der Waals surface area contributed by atoms with E-state index < -0.39 is 24.4 Å². The quantitative estimate of drug-likeness (QED) is 0.398. The fraction of sp³-hybridized carbons (Fsp3) is 0.111. The maximum atomic E-state index is 11.9. The van der Waals surface area contributed by atoms with Gasteiger partial charge in [0.05, 0.1) is 6.21 Å². The second-order valence-corrected chi connectivity index (χ2v) is 5.77. The van der Waals surface area contributed by atoms with Crippen molar-refractivity contribution in [2.75, 3.05) is 11.9 Å². The number of benzene rings is 2. The Balaban J connectivity index is 2.00. The van der Waals surface area contributed by atoms with Gasteiger partial charge in [-0.2, -0.15) is 5.10 Å². The first-order valence-electron chi connectivity index (χ1n) is 7.71. The van der Waals surface area contributed by atoms with Crippen LogP contribution in [0.25, 0.3) is 0 Å². The van der Waals surface area contributed by atoms with Gasteiger partial charge in [-0.3, -0.25) is 9.59 Å². The van der Waals surface area contributed by atoms with Gasteiger partial charge in [0, 0.05) is 16.3 Å². The van der Waals surface area contributed by atoms with Crippen LogP contribution >= 0.6 is 11.6 Å². The Hall–Kier alpha value is -3.39. The van der Waals surface area contributed by atoms with Crippen molar-refractivity contribution in [3.8, 4) is 5.75 Å². The van der Waals surface area contributed by atoms with Crippen molar-refractivity contribution in [1.82, 2.24) is 5.43 Å². The van der Waals surface area contributed by atoms with Gasteiger partial charge in [-0.1, -0.05) is 29.8 Å². The van der Waals surface area contributed by atoms with Crippen LogP contribution in [0.1, 0.15) is 11.1 Å². The number of aliphatic carboxylic acids is 1. The third-order valence-electron chi connectivity index (χ3n) is 3.29. The van der Waals surface area contributed by atoms with E-state index in [1.165, 1.54) is 24.4 Å². The van der Waals surface area contributed by atoms with Gasteiger partial charge in [-0.15, -0.1) is 0 Å². The minimum Gasteiger partial charge on any atom is -0.481 e. The van der Waals surface area contributed by atoms with Crippen molar-refractivity contribution in [1.29, 1.82) is 0 Å². The van der Waals surface area contributed by atoms with Crippen molar-refractivity contribution in [2.45, 2.75) is 6.92 Å². The van der Waals surface area contributed by atoms with Crippen LogP contribution in [0.4, 0.5) is 5.69 Å². The molecule has 2 aromatic rings. The van der Waals surface area contributed by atoms with Gasteiger partial charge in [-0.05, 0) is 36.8 Å². The molecule has 0 aliphatic rings. The Morgan fingerprint density at radius 1 is 1.19 bits per heavy atom. The van der Waals surface area contributed by atoms with Crippen LogP contribution in [0.3, 0.4) is 0 Å². The molecule has 0 spiro atoms. The number of amides is 2. The first-order valence-corrected chi connectivity index (χ1v) is 8.09. The molecule has 0 aliphatic heterocycles. The number of para-hydroxylation sites is 1. The Labute approximate surface area is 159 Å². The molecular formula is C18H16ClN3O5. The summed E-state index contributed by atoms with van der Waals surface area (Å²) < 4.78 is 5.11. The molecule has 0 aromatic heterocycles. The number of ether oxygens (including phenoxy) is 1. The van der Waals surface area contributed by atoms with Gasteiger partial charge in [0.2, 0.25) is 0 Å². The lowest BCUT2D eigenvalue weighted by Gasteiger charge is -2.08. The number of aryl methyl sites for hydroxylation is 1. The summed E-state index contributed by atoms with van der Waals surface area (Å²) in [5.74, 6) is -2.78. The smallest absolute Gasteiger partial charge is 0.341 e. The van der Waals surface area contributed by atoms with Crippen LogP contribution < -0.4 is 15.5 Å². The SMILES string of the molecule is Cc1ccccc1NC(=O)C(=O)N/N=C\c1cc(Cl)ccc1OCC(=O)O. The first kappa shape index (κ1) is 19.9. The van der Waals surface area contributed by atoms with Crippen LogP contribution in [0, 0.1) is 6.92 Å². The molecule has 0 aliphatic carbocycles. The number of hydrazone groups is 1. The summed E-state index contributed by atoms with van der Waals surface area (Å²) >= 11 is 5.89. The minimum atomic E-state index is -1.14. The van der Waals surface area contributed by atoms with Crippen molar-refractivity contribution in [2.24, 2.45) is 5.10 Å². The predicted molar refractivity (Wildman–Crippen MR) is 100 cm³/mol. The van der Waals surface area contributed by atoms with Crippen LogP contribution in [0.15, 0.2) is 47.6 Å². The van der Waals surface area contributed by atoms with Gasteiger partial charge < -0.3 is 15.2 Å². The number of carbonyl (C=O) groups excluding carboxylic acids is 2. The molecule has 9 heteroatoms. The molecule has 2 amide bonds. The monoisotopic (exact) mass is 389 g/mol. The number of rotatable bonds is 6. The van der Waals surface area contributed by atoms with Gasteiger partial charge in [0.1, 0.15) is 5.75 Å². The number of halogens is 1. The van der Waals surface area contributed by atoms with Crippen LogP contribution in [-0.4, -0.2) is 35.7 Å². The third kappa shape index (κ3) is 6.12. The predicted octanol–water partition coefficient (Wildman–Crippen LogP) is 2.20. The summed E-state index contributed by atoms with van der Waals surface area (Å²) in [6.45, 7) is 1.25. The molecule has 0 radical (unpaired) electrons. The van der Waals surface area contributed by atoms with Crippen molar-refractivity contribution in [3.05, 3.63) is 58.6 Å². The molecule has 0 heterocycles. The molecular weight excluding hydrogens is 374 g/mol. The molecule has 3 N–H and O–H groups in total. The maximum Gasteiger partial charge on any atom is 0.341 e. The number of carboxylic acid groups (broad SMARTS) is 1. The summed E-state index contributed by atoms with van der Waals surface area (Å²) in [4.78, 5) is 34.4. The summed E-state index contributed by atoms with van der Waals surface area (Å²) in [5.41, 5.74) is 3.74. The molecule has 2 aromatic carbocycles. The lowest BCUT2D eigenvalue weighted by molar-refractivity contribution is -0.139. The zero-order valence-corrected chi connectivity index (χ0v) is 15.0. The minimum absolute atomic E-state index is 0.212. The molecule has 2 rings (SSSR count). The highest BCUT2D eigenvalue weighted by Gasteiger charge is 2.14. The average Bonchev–Trinajstić information content (AvgIpc) is 2.62. The van der Waals surface area contributed by atoms with E-state index in [1.54, 1.807) is 25.1 Å². The summed E-state index contributed by atoms with van der Waals surface area (Å²) in [6.07, 6.45) is 1.20. The van der Waals surface area contributed by atoms with E-state index in [9.17, 15) is 14.4 Å². The van der Waals surface area contributed by atoms with E-state index in [0.29, 0.717) is 16.3 Å². The van der Waals surface area contributed by atoms with Gasteiger partial charge in [0.15, 0.2) is 6.61 Å². The molecule has 27 heavy (non-hydrogen) atoms. The fourth-order valence-corrected chi connectivity index (χ4v) is 2.18. The zero-order chi connectivity index (χ0) is 19.8. The Morgan fingerprint density at radius 2 is 1.93 bits per heavy atom. The Bertz CT molecular complexity index is 898. The van der Waals surface area contributed by atoms with Crippen molar-refractivity contribution >= 4 is 41.3 Å². The van der Waals surface area contributed by atoms with Crippen LogP contribution in [0.2, 0.25) is 5.02 Å². The highest BCUT2D eigenvalue weighted by Crippen LogP contribution is 2.21. The second-order valence-electron chi connectivity index (χ2n) is 5.33. The number of nitrogens with one attached hydrogen (secondary N) is 2. The standard InChI is InChI=1S/C18H16ClN3O5/c1-11-4-2-3-5-14(11)21-17(25)18(26)22-20-9-12-8-13(19)6-7-15(12)27-10-16(23)24/h2-9H,10H2,1H3,(H,21,25)(H,22,26)(H,23,24)/b20-9-. The highest BCUT2D eigenvalue weighted by atomic mass is 35.5. The van der Waals surface area contributed by atoms with Crippen LogP contribution in [-0.2, 0) is 14.4 Å². The number of carboxylic acids is 1. The van der Waals surface area contributed by atoms with E-state index in [-0.39, 0.29) is 5.75 Å². The Morgan fingerprint density at radius 3 is 2.63 bits per heavy atom. The van der Waals surface area contributed by atoms with Crippen molar-refractivity contribution in [3.63, 3.8) is 0 Å². The molecule has 0 bridgehead atoms. The van der Waals surface area contributed by atoms with Gasteiger partial charge >= 0.3 is 17.8 Å². The maximum absolute atomic E-state index is 11.9. The topological polar surface area (TPSA) is 117 Å². The van der Waals surface area contributed by atoms with Crippen molar-refractivity contribution < 1.29 is 24.2 Å². The van der Waals surface area contributed by atoms with E-state index in [1.807, 2.05) is 6.07 Å². The van der Waals surface area contributed by atoms with E-state index in [2.05, 4.69) is 15.8 Å². The van der Waals surface area contributed by atoms with Gasteiger partial charge in [0.25, 0.3) is 0 Å². The normalized spacial score (nSPS) is 10.4. The molecule has 0 saturated heterocycles. The third-order valence-corrected chi connectivity index (χ3v) is 3.53. The second kappa shape index (κ2) is 9.35. The highest BCUT2D eigenvalue weighted by molar-refractivity contribution is 6.39. The molecule has 0 fully saturated rings. The lowest BCUT2D eigenvalue weighted by Crippen LogP contribution is -2.32. The largest absolute Gasteiger partial charge is 0.481 e. The van der Waals surface area contributed by atoms with Crippen LogP contribution in [0.5, 0.6) is 5.75 Å². The fourth-order valence-electron chi connectivity index (χ4n) is 1.99. The Kier molecular flexibility index (Phi) is 6.90. The van der Waals surface area contributed by atoms with E-state index in [0.717, 1.165) is 5.56 Å².